The normalized spacial score (nSPS) is 21.2. The first-order chi connectivity index (χ1) is 12.1. The lowest BCUT2D eigenvalue weighted by Gasteiger charge is -2.39. The highest BCUT2D eigenvalue weighted by atomic mass is 16.3. The number of Topliss-reactive ketones (excluding diaryl/α,β-unsaturated/α-hetero) is 1. The Morgan fingerprint density at radius 2 is 1.76 bits per heavy atom. The maximum absolute atomic E-state index is 13.2. The SMILES string of the molecule is Cc1cccc(C)c1[C@H]1[CH]CN(CCO)C[C@@H]1C(=O)c1ccccc1. The lowest BCUT2D eigenvalue weighted by atomic mass is 9.74. The molecule has 25 heavy (non-hydrogen) atoms. The van der Waals surface area contributed by atoms with Crippen LogP contribution < -0.4 is 0 Å². The Morgan fingerprint density at radius 3 is 2.40 bits per heavy atom. The molecule has 0 unspecified atom stereocenters. The van der Waals surface area contributed by atoms with Gasteiger partial charge in [0, 0.05) is 37.0 Å². The zero-order valence-electron chi connectivity index (χ0n) is 15.0. The first-order valence-corrected chi connectivity index (χ1v) is 8.93. The number of benzene rings is 2. The summed E-state index contributed by atoms with van der Waals surface area (Å²) >= 11 is 0. The lowest BCUT2D eigenvalue weighted by Crippen LogP contribution is -2.44. The molecule has 2 atom stereocenters. The van der Waals surface area contributed by atoms with Crippen LogP contribution in [0.2, 0.25) is 0 Å². The second-order valence-electron chi connectivity index (χ2n) is 6.89. The van der Waals surface area contributed by atoms with Gasteiger partial charge in [0.25, 0.3) is 0 Å². The molecule has 3 rings (SSSR count). The van der Waals surface area contributed by atoms with Gasteiger partial charge in [-0.1, -0.05) is 48.5 Å². The molecule has 1 heterocycles. The summed E-state index contributed by atoms with van der Waals surface area (Å²) in [5.74, 6) is 0.179. The highest BCUT2D eigenvalue weighted by molar-refractivity contribution is 5.98. The van der Waals surface area contributed by atoms with E-state index in [4.69, 9.17) is 0 Å². The summed E-state index contributed by atoms with van der Waals surface area (Å²) in [6.07, 6.45) is 2.25. The van der Waals surface area contributed by atoms with E-state index in [1.54, 1.807) is 0 Å². The molecule has 1 aliphatic heterocycles. The summed E-state index contributed by atoms with van der Waals surface area (Å²) in [6, 6.07) is 15.9. The number of piperidine rings is 1. The molecule has 3 nitrogen and oxygen atoms in total. The van der Waals surface area contributed by atoms with Crippen LogP contribution in [0, 0.1) is 26.2 Å². The molecule has 1 aliphatic rings. The van der Waals surface area contributed by atoms with Crippen LogP contribution in [-0.4, -0.2) is 42.0 Å². The Hall–Kier alpha value is -1.97. The Bertz CT molecular complexity index is 706. The highest BCUT2D eigenvalue weighted by Gasteiger charge is 2.36. The number of aryl methyl sites for hydroxylation is 2. The molecule has 1 fully saturated rings. The van der Waals surface area contributed by atoms with Crippen molar-refractivity contribution >= 4 is 5.78 Å². The van der Waals surface area contributed by atoms with Crippen LogP contribution in [0.4, 0.5) is 0 Å². The number of β-amino-alcohol motifs (C(OH)–C–C–N with tert-alkyl or cyclic N) is 1. The number of aliphatic hydroxyl groups excluding tert-OH is 1. The molecule has 0 aromatic heterocycles. The van der Waals surface area contributed by atoms with E-state index < -0.39 is 0 Å². The minimum Gasteiger partial charge on any atom is -0.395 e. The van der Waals surface area contributed by atoms with Gasteiger partial charge in [0.05, 0.1) is 6.61 Å². The van der Waals surface area contributed by atoms with Crippen molar-refractivity contribution in [1.29, 1.82) is 0 Å². The van der Waals surface area contributed by atoms with Gasteiger partial charge >= 0.3 is 0 Å². The van der Waals surface area contributed by atoms with Crippen molar-refractivity contribution in [2.75, 3.05) is 26.2 Å². The molecule has 0 amide bonds. The van der Waals surface area contributed by atoms with Crippen LogP contribution >= 0.6 is 0 Å². The molecule has 2 aromatic rings. The Balaban J connectivity index is 1.96. The second-order valence-corrected chi connectivity index (χ2v) is 6.89. The summed E-state index contributed by atoms with van der Waals surface area (Å²) in [4.78, 5) is 15.4. The smallest absolute Gasteiger partial charge is 0.167 e. The Kier molecular flexibility index (Phi) is 5.67. The van der Waals surface area contributed by atoms with Crippen molar-refractivity contribution in [3.05, 3.63) is 77.2 Å². The molecule has 3 heteroatoms. The average Bonchev–Trinajstić information content (AvgIpc) is 2.63. The van der Waals surface area contributed by atoms with Gasteiger partial charge in [-0.3, -0.25) is 9.69 Å². The van der Waals surface area contributed by atoms with Crippen LogP contribution in [0.1, 0.15) is 33.0 Å². The summed E-state index contributed by atoms with van der Waals surface area (Å²) in [5.41, 5.74) is 4.52. The predicted octanol–water partition coefficient (Wildman–Crippen LogP) is 3.40. The van der Waals surface area contributed by atoms with Gasteiger partial charge in [0.1, 0.15) is 0 Å². The van der Waals surface area contributed by atoms with Crippen LogP contribution in [-0.2, 0) is 0 Å². The topological polar surface area (TPSA) is 40.5 Å². The minimum absolute atomic E-state index is 0.115. The van der Waals surface area contributed by atoms with Gasteiger partial charge in [0.15, 0.2) is 5.78 Å². The lowest BCUT2D eigenvalue weighted by molar-refractivity contribution is 0.0807. The van der Waals surface area contributed by atoms with Gasteiger partial charge in [-0.25, -0.2) is 0 Å². The highest BCUT2D eigenvalue weighted by Crippen LogP contribution is 2.37. The largest absolute Gasteiger partial charge is 0.395 e. The number of ketones is 1. The van der Waals surface area contributed by atoms with Crippen LogP contribution in [0.5, 0.6) is 0 Å². The third-order valence-corrected chi connectivity index (χ3v) is 5.19. The van der Waals surface area contributed by atoms with E-state index >= 15 is 0 Å². The van der Waals surface area contributed by atoms with Crippen molar-refractivity contribution in [2.24, 2.45) is 5.92 Å². The zero-order valence-corrected chi connectivity index (χ0v) is 15.0. The number of carbonyl (C=O) groups excluding carboxylic acids is 1. The van der Waals surface area contributed by atoms with Gasteiger partial charge in [-0.05, 0) is 37.0 Å². The van der Waals surface area contributed by atoms with E-state index in [2.05, 4.69) is 43.4 Å². The van der Waals surface area contributed by atoms with Crippen LogP contribution in [0.15, 0.2) is 48.5 Å². The number of nitrogens with zero attached hydrogens (tertiary/aromatic N) is 1. The minimum atomic E-state index is -0.123. The molecule has 1 N–H and O–H groups in total. The van der Waals surface area contributed by atoms with E-state index in [-0.39, 0.29) is 24.2 Å². The van der Waals surface area contributed by atoms with Gasteiger partial charge in [-0.2, -0.15) is 0 Å². The van der Waals surface area contributed by atoms with E-state index in [9.17, 15) is 9.90 Å². The molecule has 2 aromatic carbocycles. The van der Waals surface area contributed by atoms with Crippen molar-refractivity contribution in [1.82, 2.24) is 4.90 Å². The van der Waals surface area contributed by atoms with Gasteiger partial charge in [-0.15, -0.1) is 0 Å². The standard InChI is InChI=1S/C22H26NO2/c1-16-7-6-8-17(2)21(16)19-11-12-23(13-14-24)15-20(19)22(25)18-9-4-3-5-10-18/h3-11,19-20,24H,12-15H2,1-2H3/t19-,20-/m0/s1. The maximum atomic E-state index is 13.2. The fraction of sp³-hybridized carbons (Fsp3) is 0.364. The summed E-state index contributed by atoms with van der Waals surface area (Å²) in [7, 11) is 0. The summed E-state index contributed by atoms with van der Waals surface area (Å²) in [6.45, 7) is 6.46. The van der Waals surface area contributed by atoms with E-state index in [0.717, 1.165) is 12.1 Å². The van der Waals surface area contributed by atoms with Crippen LogP contribution in [0.3, 0.4) is 0 Å². The number of likely N-dealkylation sites (tertiary alicyclic amines) is 1. The van der Waals surface area contributed by atoms with Crippen LogP contribution in [0.25, 0.3) is 0 Å². The fourth-order valence-corrected chi connectivity index (χ4v) is 3.95. The fourth-order valence-electron chi connectivity index (χ4n) is 3.95. The third-order valence-electron chi connectivity index (χ3n) is 5.19. The maximum Gasteiger partial charge on any atom is 0.167 e. The Morgan fingerprint density at radius 1 is 1.08 bits per heavy atom. The third kappa shape index (κ3) is 3.83. The molecular formula is C22H26NO2. The van der Waals surface area contributed by atoms with Gasteiger partial charge < -0.3 is 5.11 Å². The molecule has 0 saturated carbocycles. The van der Waals surface area contributed by atoms with E-state index in [0.29, 0.717) is 13.1 Å². The molecule has 1 radical (unpaired) electrons. The number of hydrogen-bond acceptors (Lipinski definition) is 3. The first kappa shape index (κ1) is 17.8. The second kappa shape index (κ2) is 7.94. The monoisotopic (exact) mass is 336 g/mol. The molecular weight excluding hydrogens is 310 g/mol. The van der Waals surface area contributed by atoms with E-state index in [1.165, 1.54) is 16.7 Å². The summed E-state index contributed by atoms with van der Waals surface area (Å²) in [5, 5.41) is 9.29. The molecule has 0 bridgehead atoms. The quantitative estimate of drug-likeness (QED) is 0.851. The van der Waals surface area contributed by atoms with Crippen molar-refractivity contribution in [3.8, 4) is 0 Å². The zero-order chi connectivity index (χ0) is 17.8. The van der Waals surface area contributed by atoms with Crippen molar-refractivity contribution in [2.45, 2.75) is 19.8 Å². The first-order valence-electron chi connectivity index (χ1n) is 8.93. The average molecular weight is 336 g/mol. The number of carbonyl (C=O) groups is 1. The number of hydrogen-bond donors (Lipinski definition) is 1. The van der Waals surface area contributed by atoms with Crippen molar-refractivity contribution < 1.29 is 9.90 Å². The number of aliphatic hydroxyl groups is 1. The molecule has 0 aliphatic carbocycles. The van der Waals surface area contributed by atoms with Crippen molar-refractivity contribution in [3.63, 3.8) is 0 Å². The predicted molar refractivity (Wildman–Crippen MR) is 101 cm³/mol. The number of rotatable bonds is 5. The summed E-state index contributed by atoms with van der Waals surface area (Å²) < 4.78 is 0. The molecule has 1 saturated heterocycles. The van der Waals surface area contributed by atoms with Gasteiger partial charge in [0.2, 0.25) is 0 Å². The molecule has 0 spiro atoms. The molecule has 131 valence electrons. The van der Waals surface area contributed by atoms with E-state index in [1.807, 2.05) is 30.3 Å². The Labute approximate surface area is 150 Å².